The molecule has 0 atom stereocenters. The van der Waals surface area contributed by atoms with E-state index in [4.69, 9.17) is 21.3 Å². The molecule has 198 valence electrons. The van der Waals surface area contributed by atoms with Crippen LogP contribution < -0.4 is 14.8 Å². The minimum Gasteiger partial charge on any atom is -0.456 e. The zero-order chi connectivity index (χ0) is 27.0. The van der Waals surface area contributed by atoms with E-state index in [2.05, 4.69) is 73.4 Å². The van der Waals surface area contributed by atoms with E-state index < -0.39 is 6.34 Å². The van der Waals surface area contributed by atoms with Crippen LogP contribution in [0.2, 0.25) is 0 Å². The second-order valence-electron chi connectivity index (χ2n) is 8.84. The van der Waals surface area contributed by atoms with Gasteiger partial charge in [-0.15, -0.1) is 0 Å². The third kappa shape index (κ3) is 6.03. The molecule has 0 spiro atoms. The number of hydrogen-bond donors (Lipinski definition) is 0. The quantitative estimate of drug-likeness (QED) is 0.166. The minimum atomic E-state index is -2.46. The average molecular weight is 545 g/mol. The number of nitrogens with zero attached hydrogens (tertiary/aromatic N) is 2. The summed E-state index contributed by atoms with van der Waals surface area (Å²) < 4.78 is 18.1. The molecule has 4 aromatic carbocycles. The maximum atomic E-state index is 6.72. The summed E-state index contributed by atoms with van der Waals surface area (Å²) in [6.07, 6.45) is -2.46. The lowest BCUT2D eigenvalue weighted by atomic mass is 10.1. The van der Waals surface area contributed by atoms with Crippen LogP contribution in [0.1, 0.15) is 27.7 Å². The Morgan fingerprint density at radius 2 is 1.00 bits per heavy atom. The topological polar surface area (TPSA) is 24.9 Å². The number of rotatable bonds is 12. The third-order valence-corrected chi connectivity index (χ3v) is 12.2. The summed E-state index contributed by atoms with van der Waals surface area (Å²) in [5.74, 6) is 3.03. The molecule has 0 unspecified atom stereocenters. The fourth-order valence-electron chi connectivity index (χ4n) is 4.74. The molecule has 0 aliphatic heterocycles. The number of para-hydroxylation sites is 1. The van der Waals surface area contributed by atoms with Crippen molar-refractivity contribution in [1.29, 1.82) is 0 Å². The maximum Gasteiger partial charge on any atom is 0.142 e. The summed E-state index contributed by atoms with van der Waals surface area (Å²) in [6, 6.07) is 34.5. The average Bonchev–Trinajstić information content (AvgIpc) is 2.95. The van der Waals surface area contributed by atoms with Gasteiger partial charge in [-0.1, -0.05) is 106 Å². The molecule has 0 aromatic heterocycles. The van der Waals surface area contributed by atoms with Gasteiger partial charge in [0, 0.05) is 26.2 Å². The van der Waals surface area contributed by atoms with Gasteiger partial charge >= 0.3 is 0 Å². The fourth-order valence-corrected chi connectivity index (χ4v) is 9.94. The second-order valence-corrected chi connectivity index (χ2v) is 13.0. The van der Waals surface area contributed by atoms with E-state index >= 15 is 0 Å². The SMILES string of the molecule is CCN(CC)P(=S)(c1c(Oc2ccccc2)cccc1Oc1cccc(-c2ccccc2)c1)N(CC)CC. The molecular weight excluding hydrogens is 507 g/mol. The summed E-state index contributed by atoms with van der Waals surface area (Å²) in [4.78, 5) is 0. The summed E-state index contributed by atoms with van der Waals surface area (Å²) in [7, 11) is 0. The van der Waals surface area contributed by atoms with Crippen LogP contribution in [-0.4, -0.2) is 35.5 Å². The van der Waals surface area contributed by atoms with Crippen LogP contribution in [0.15, 0.2) is 103 Å². The molecule has 0 heterocycles. The smallest absolute Gasteiger partial charge is 0.142 e. The van der Waals surface area contributed by atoms with Crippen LogP contribution in [0, 0.1) is 0 Å². The molecule has 0 aliphatic carbocycles. The lowest BCUT2D eigenvalue weighted by Gasteiger charge is -2.42. The van der Waals surface area contributed by atoms with Crippen molar-refractivity contribution in [2.75, 3.05) is 26.2 Å². The molecule has 0 radical (unpaired) electrons. The first kappa shape index (κ1) is 28.1. The van der Waals surface area contributed by atoms with Gasteiger partial charge in [0.15, 0.2) is 0 Å². The van der Waals surface area contributed by atoms with Gasteiger partial charge in [0.25, 0.3) is 0 Å². The molecule has 0 saturated carbocycles. The highest BCUT2D eigenvalue weighted by molar-refractivity contribution is 8.16. The van der Waals surface area contributed by atoms with Gasteiger partial charge in [0.2, 0.25) is 0 Å². The minimum absolute atomic E-state index is 0.741. The molecule has 0 saturated heterocycles. The predicted octanol–water partition coefficient (Wildman–Crippen LogP) is 8.56. The second kappa shape index (κ2) is 13.2. The molecule has 4 rings (SSSR count). The van der Waals surface area contributed by atoms with Gasteiger partial charge < -0.3 is 9.47 Å². The van der Waals surface area contributed by atoms with Crippen molar-refractivity contribution in [3.05, 3.63) is 103 Å². The van der Waals surface area contributed by atoms with Crippen molar-refractivity contribution < 1.29 is 9.47 Å². The van der Waals surface area contributed by atoms with E-state index in [-0.39, 0.29) is 0 Å². The Bertz CT molecular complexity index is 1340. The van der Waals surface area contributed by atoms with Crippen molar-refractivity contribution in [1.82, 2.24) is 9.34 Å². The number of hydrogen-bond acceptors (Lipinski definition) is 3. The highest BCUT2D eigenvalue weighted by Crippen LogP contribution is 2.56. The van der Waals surface area contributed by atoms with Crippen LogP contribution >= 0.6 is 6.34 Å². The van der Waals surface area contributed by atoms with Crippen molar-refractivity contribution in [2.45, 2.75) is 27.7 Å². The Morgan fingerprint density at radius 1 is 0.553 bits per heavy atom. The molecule has 0 aliphatic rings. The molecule has 6 heteroatoms. The fraction of sp³-hybridized carbons (Fsp3) is 0.250. The van der Waals surface area contributed by atoms with Gasteiger partial charge in [-0.25, -0.2) is 0 Å². The van der Waals surface area contributed by atoms with Gasteiger partial charge in [-0.3, -0.25) is 9.34 Å². The summed E-state index contributed by atoms with van der Waals surface area (Å²) in [5.41, 5.74) is 2.25. The first-order chi connectivity index (χ1) is 18.5. The normalized spacial score (nSPS) is 11.6. The Balaban J connectivity index is 1.88. The van der Waals surface area contributed by atoms with Gasteiger partial charge in [0.1, 0.15) is 29.3 Å². The molecule has 4 aromatic rings. The van der Waals surface area contributed by atoms with Crippen molar-refractivity contribution in [2.24, 2.45) is 0 Å². The van der Waals surface area contributed by atoms with Crippen molar-refractivity contribution in [3.63, 3.8) is 0 Å². The largest absolute Gasteiger partial charge is 0.456 e. The molecular formula is C32H37N2O2PS. The van der Waals surface area contributed by atoms with Crippen LogP contribution in [0.4, 0.5) is 0 Å². The summed E-state index contributed by atoms with van der Waals surface area (Å²) in [5, 5.41) is 0.955. The molecule has 0 fully saturated rings. The van der Waals surface area contributed by atoms with E-state index in [0.717, 1.165) is 65.6 Å². The third-order valence-electron chi connectivity index (χ3n) is 6.62. The Morgan fingerprint density at radius 3 is 1.55 bits per heavy atom. The first-order valence-electron chi connectivity index (χ1n) is 13.4. The molecule has 0 N–H and O–H groups in total. The number of benzene rings is 4. The summed E-state index contributed by atoms with van der Waals surface area (Å²) in [6.45, 7) is 12.1. The number of ether oxygens (including phenoxy) is 2. The van der Waals surface area contributed by atoms with Crippen LogP contribution in [0.3, 0.4) is 0 Å². The lowest BCUT2D eigenvalue weighted by molar-refractivity contribution is 0.422. The van der Waals surface area contributed by atoms with Crippen molar-refractivity contribution in [3.8, 4) is 34.1 Å². The predicted molar refractivity (Wildman–Crippen MR) is 165 cm³/mol. The van der Waals surface area contributed by atoms with E-state index in [1.54, 1.807) is 0 Å². The maximum absolute atomic E-state index is 6.72. The van der Waals surface area contributed by atoms with Crippen LogP contribution in [0.25, 0.3) is 11.1 Å². The summed E-state index contributed by atoms with van der Waals surface area (Å²) >= 11 is 6.72. The van der Waals surface area contributed by atoms with E-state index in [0.29, 0.717) is 0 Å². The van der Waals surface area contributed by atoms with E-state index in [9.17, 15) is 0 Å². The van der Waals surface area contributed by atoms with Gasteiger partial charge in [-0.05, 0) is 47.5 Å². The lowest BCUT2D eigenvalue weighted by Crippen LogP contribution is -2.37. The molecule has 4 nitrogen and oxygen atoms in total. The van der Waals surface area contributed by atoms with E-state index in [1.807, 2.05) is 66.7 Å². The standard InChI is InChI=1S/C32H37N2O2PS/c1-5-33(6-2)37(38,34(7-3)8-4)32-30(35-28-20-13-10-14-21-28)23-16-24-31(32)36-29-22-15-19-27(25-29)26-17-11-9-12-18-26/h9-25H,5-8H2,1-4H3. The van der Waals surface area contributed by atoms with Gasteiger partial charge in [-0.2, -0.15) is 0 Å². The van der Waals surface area contributed by atoms with Gasteiger partial charge in [0.05, 0.1) is 5.30 Å². The first-order valence-corrected chi connectivity index (χ1v) is 16.1. The Kier molecular flexibility index (Phi) is 9.76. The van der Waals surface area contributed by atoms with Crippen molar-refractivity contribution >= 4 is 23.5 Å². The van der Waals surface area contributed by atoms with Crippen LogP contribution in [-0.2, 0) is 11.8 Å². The highest BCUT2D eigenvalue weighted by Gasteiger charge is 2.37. The molecule has 0 amide bonds. The zero-order valence-electron chi connectivity index (χ0n) is 22.7. The zero-order valence-corrected chi connectivity index (χ0v) is 24.4. The molecule has 38 heavy (non-hydrogen) atoms. The van der Waals surface area contributed by atoms with Crippen LogP contribution in [0.5, 0.6) is 23.0 Å². The molecule has 0 bridgehead atoms. The monoisotopic (exact) mass is 544 g/mol. The van der Waals surface area contributed by atoms with E-state index in [1.165, 1.54) is 0 Å². The Labute approximate surface area is 233 Å². The highest BCUT2D eigenvalue weighted by atomic mass is 32.4. The Hall–Kier alpha value is -2.95.